The number of allylic oxidation sites excluding steroid dienone is 7. The monoisotopic (exact) mass is 636 g/mol. The van der Waals surface area contributed by atoms with E-state index < -0.39 is 10.0 Å². The molecule has 0 bridgehead atoms. The Morgan fingerprint density at radius 3 is 2.39 bits per heavy atom. The van der Waals surface area contributed by atoms with Gasteiger partial charge in [0.15, 0.2) is 5.78 Å². The number of pyridine rings is 2. The first kappa shape index (κ1) is 33.5. The highest BCUT2D eigenvalue weighted by Crippen LogP contribution is 2.33. The van der Waals surface area contributed by atoms with Gasteiger partial charge in [-0.3, -0.25) is 19.3 Å². The van der Waals surface area contributed by atoms with Crippen LogP contribution < -0.4 is 14.8 Å². The number of nitrogens with one attached hydrogen (secondary N) is 2. The highest BCUT2D eigenvalue weighted by molar-refractivity contribution is 7.92. The molecule has 0 radical (unpaired) electrons. The molecule has 0 saturated carbocycles. The molecule has 0 unspecified atom stereocenters. The molecule has 4 aromatic rings. The van der Waals surface area contributed by atoms with Crippen LogP contribution >= 0.6 is 0 Å². The van der Waals surface area contributed by atoms with Crippen molar-refractivity contribution in [3.63, 3.8) is 0 Å². The number of carbonyl (C=O) groups excluding carboxylic acids is 2. The maximum absolute atomic E-state index is 13.4. The Kier molecular flexibility index (Phi) is 11.4. The molecule has 1 amide bonds. The molecule has 2 aromatic carbocycles. The summed E-state index contributed by atoms with van der Waals surface area (Å²) in [5, 5.41) is 3.64. The zero-order chi connectivity index (χ0) is 33.1. The summed E-state index contributed by atoms with van der Waals surface area (Å²) in [6.45, 7) is 7.55. The summed E-state index contributed by atoms with van der Waals surface area (Å²) >= 11 is 0. The molecule has 4 rings (SSSR count). The maximum atomic E-state index is 13.4. The van der Waals surface area contributed by atoms with Crippen LogP contribution in [0.25, 0.3) is 27.6 Å². The number of hydrogen-bond donors (Lipinski definition) is 2. The van der Waals surface area contributed by atoms with E-state index in [4.69, 9.17) is 4.74 Å². The first-order valence-electron chi connectivity index (χ1n) is 14.7. The van der Waals surface area contributed by atoms with Gasteiger partial charge in [-0.15, -0.1) is 0 Å². The zero-order valence-electron chi connectivity index (χ0n) is 26.0. The van der Waals surface area contributed by atoms with Crippen molar-refractivity contribution in [2.45, 2.75) is 38.0 Å². The van der Waals surface area contributed by atoms with Gasteiger partial charge in [-0.2, -0.15) is 0 Å². The molecule has 9 nitrogen and oxygen atoms in total. The molecule has 10 heteroatoms. The Labute approximate surface area is 269 Å². The second-order valence-electron chi connectivity index (χ2n) is 10.2. The molecule has 0 spiro atoms. The van der Waals surface area contributed by atoms with E-state index in [0.29, 0.717) is 17.7 Å². The Morgan fingerprint density at radius 2 is 1.70 bits per heavy atom. The number of amides is 1. The number of benzene rings is 2. The fourth-order valence-electron chi connectivity index (χ4n) is 4.80. The summed E-state index contributed by atoms with van der Waals surface area (Å²) in [6, 6.07) is 15.2. The average Bonchev–Trinajstić information content (AvgIpc) is 3.04. The standard InChI is InChI=1S/C36H36N4O5S/c1-5-9-25(10-6-2)31-20-21-37-33-19-14-26(22-32(31)33)27-23-34(36(45-4)38-24-27)40-46(43,44)30-17-15-28(16-18-30)39-35(42)13-8-12-29(41)11-7-3/h5-7,9-11,14-24,40H,1,8,12-13H2,2-4H3,(H,39,42). The number of ketones is 1. The Hall–Kier alpha value is -5.35. The van der Waals surface area contributed by atoms with E-state index in [0.717, 1.165) is 27.6 Å². The largest absolute Gasteiger partial charge is 0.480 e. The predicted octanol–water partition coefficient (Wildman–Crippen LogP) is 7.51. The van der Waals surface area contributed by atoms with E-state index in [2.05, 4.69) is 26.6 Å². The van der Waals surface area contributed by atoms with Crippen molar-refractivity contribution < 1.29 is 22.7 Å². The zero-order valence-corrected chi connectivity index (χ0v) is 26.8. The van der Waals surface area contributed by atoms with Crippen molar-refractivity contribution >= 4 is 49.6 Å². The van der Waals surface area contributed by atoms with Crippen LogP contribution in [0, 0.1) is 0 Å². The molecule has 0 atom stereocenters. The molecule has 46 heavy (non-hydrogen) atoms. The predicted molar refractivity (Wildman–Crippen MR) is 184 cm³/mol. The number of sulfonamides is 1. The number of nitrogens with zero attached hydrogens (tertiary/aromatic N) is 2. The van der Waals surface area contributed by atoms with E-state index in [9.17, 15) is 18.0 Å². The third-order valence-electron chi connectivity index (χ3n) is 6.95. The third kappa shape index (κ3) is 8.42. The second-order valence-corrected chi connectivity index (χ2v) is 11.9. The van der Waals surface area contributed by atoms with E-state index >= 15 is 0 Å². The first-order valence-corrected chi connectivity index (χ1v) is 16.1. The van der Waals surface area contributed by atoms with Crippen molar-refractivity contribution in [2.24, 2.45) is 0 Å². The van der Waals surface area contributed by atoms with Gasteiger partial charge >= 0.3 is 0 Å². The Bertz CT molecular complexity index is 1950. The van der Waals surface area contributed by atoms with Crippen LogP contribution in [0.3, 0.4) is 0 Å². The number of carbonyl (C=O) groups is 2. The highest BCUT2D eigenvalue weighted by atomic mass is 32.2. The SMILES string of the molecule is C=CC=C(C=CC)c1ccnc2ccc(-c3cnc(OC)c(NS(=O)(=O)c4ccc(NC(=O)CCCC(=O)C=CC)cc4)c3)cc12. The number of aromatic nitrogens is 2. The van der Waals surface area contributed by atoms with E-state index in [1.165, 1.54) is 37.5 Å². The molecule has 0 aliphatic carbocycles. The average molecular weight is 637 g/mol. The van der Waals surface area contributed by atoms with Crippen LogP contribution in [0.4, 0.5) is 11.4 Å². The van der Waals surface area contributed by atoms with E-state index in [1.807, 2.05) is 49.4 Å². The van der Waals surface area contributed by atoms with Crippen molar-refractivity contribution in [1.29, 1.82) is 0 Å². The smallest absolute Gasteiger partial charge is 0.262 e. The Morgan fingerprint density at radius 1 is 0.935 bits per heavy atom. The molecular weight excluding hydrogens is 600 g/mol. The molecule has 2 aromatic heterocycles. The van der Waals surface area contributed by atoms with Gasteiger partial charge in [0.2, 0.25) is 11.8 Å². The molecule has 0 fully saturated rings. The first-order chi connectivity index (χ1) is 22.2. The van der Waals surface area contributed by atoms with Gasteiger partial charge in [0.1, 0.15) is 5.69 Å². The maximum Gasteiger partial charge on any atom is 0.262 e. The summed E-state index contributed by atoms with van der Waals surface area (Å²) in [4.78, 5) is 32.7. The van der Waals surface area contributed by atoms with Gasteiger partial charge in [0, 0.05) is 41.9 Å². The van der Waals surface area contributed by atoms with Crippen molar-refractivity contribution in [3.8, 4) is 17.0 Å². The fraction of sp³-hybridized carbons (Fsp3) is 0.167. The van der Waals surface area contributed by atoms with Crippen molar-refractivity contribution in [3.05, 3.63) is 116 Å². The minimum Gasteiger partial charge on any atom is -0.480 e. The van der Waals surface area contributed by atoms with Crippen LogP contribution in [0.2, 0.25) is 0 Å². The summed E-state index contributed by atoms with van der Waals surface area (Å²) in [5.41, 5.74) is 4.84. The van der Waals surface area contributed by atoms with Crippen LogP contribution in [-0.2, 0) is 19.6 Å². The summed E-state index contributed by atoms with van der Waals surface area (Å²) in [7, 11) is -2.63. The van der Waals surface area contributed by atoms with Crippen LogP contribution in [-0.4, -0.2) is 37.2 Å². The number of methoxy groups -OCH3 is 1. The van der Waals surface area contributed by atoms with E-state index in [-0.39, 0.29) is 41.0 Å². The third-order valence-corrected chi connectivity index (χ3v) is 8.33. The summed E-state index contributed by atoms with van der Waals surface area (Å²) < 4.78 is 34.7. The lowest BCUT2D eigenvalue weighted by molar-refractivity contribution is -0.116. The fourth-order valence-corrected chi connectivity index (χ4v) is 5.85. The molecule has 2 N–H and O–H groups in total. The number of anilines is 2. The molecular formula is C36H36N4O5S. The number of fused-ring (bicyclic) bond motifs is 1. The minimum atomic E-state index is -4.05. The Balaban J connectivity index is 1.56. The summed E-state index contributed by atoms with van der Waals surface area (Å²) in [5.74, 6) is -0.189. The lowest BCUT2D eigenvalue weighted by atomic mass is 9.97. The van der Waals surface area contributed by atoms with Crippen LogP contribution in [0.5, 0.6) is 5.88 Å². The number of ether oxygens (including phenoxy) is 1. The van der Waals surface area contributed by atoms with Crippen molar-refractivity contribution in [2.75, 3.05) is 17.1 Å². The van der Waals surface area contributed by atoms with Gasteiger partial charge in [0.05, 0.1) is 17.5 Å². The quantitative estimate of drug-likeness (QED) is 0.108. The van der Waals surface area contributed by atoms with Gasteiger partial charge in [-0.05, 0) is 91.6 Å². The van der Waals surface area contributed by atoms with Crippen molar-refractivity contribution in [1.82, 2.24) is 9.97 Å². The van der Waals surface area contributed by atoms with Gasteiger partial charge < -0.3 is 10.1 Å². The van der Waals surface area contributed by atoms with E-state index in [1.54, 1.807) is 37.5 Å². The second kappa shape index (κ2) is 15.6. The number of rotatable bonds is 14. The van der Waals surface area contributed by atoms with Gasteiger partial charge in [-0.25, -0.2) is 13.4 Å². The summed E-state index contributed by atoms with van der Waals surface area (Å²) in [6.07, 6.45) is 15.0. The molecule has 0 aliphatic rings. The number of hydrogen-bond acceptors (Lipinski definition) is 7. The lowest BCUT2D eigenvalue weighted by Gasteiger charge is -2.14. The topological polar surface area (TPSA) is 127 Å². The molecule has 0 aliphatic heterocycles. The minimum absolute atomic E-state index is 0.0122. The normalized spacial score (nSPS) is 12.0. The highest BCUT2D eigenvalue weighted by Gasteiger charge is 2.19. The molecule has 2 heterocycles. The lowest BCUT2D eigenvalue weighted by Crippen LogP contribution is -2.15. The van der Waals surface area contributed by atoms with Gasteiger partial charge in [-0.1, -0.05) is 43.0 Å². The molecule has 0 saturated heterocycles. The molecule has 236 valence electrons. The van der Waals surface area contributed by atoms with Crippen LogP contribution in [0.15, 0.2) is 115 Å². The van der Waals surface area contributed by atoms with Gasteiger partial charge in [0.25, 0.3) is 10.0 Å². The van der Waals surface area contributed by atoms with Crippen LogP contribution in [0.1, 0.15) is 38.7 Å².